The summed E-state index contributed by atoms with van der Waals surface area (Å²) in [5.74, 6) is 0.508. The largest absolute Gasteiger partial charge is 0.480 e. The lowest BCUT2D eigenvalue weighted by atomic mass is 10.1. The van der Waals surface area contributed by atoms with Gasteiger partial charge in [-0.3, -0.25) is 0 Å². The van der Waals surface area contributed by atoms with Gasteiger partial charge in [0.15, 0.2) is 0 Å². The maximum absolute atomic E-state index is 11.9. The zero-order valence-corrected chi connectivity index (χ0v) is 11.3. The Kier molecular flexibility index (Phi) is 5.11. The first-order chi connectivity index (χ1) is 7.91. The second-order valence-electron chi connectivity index (χ2n) is 4.80. The van der Waals surface area contributed by atoms with Crippen LogP contribution in [-0.2, 0) is 4.79 Å². The van der Waals surface area contributed by atoms with Crippen LogP contribution in [0, 0.1) is 5.92 Å². The highest BCUT2D eigenvalue weighted by molar-refractivity contribution is 7.99. The van der Waals surface area contributed by atoms with Crippen molar-refractivity contribution in [3.8, 4) is 0 Å². The minimum absolute atomic E-state index is 0.0718. The summed E-state index contributed by atoms with van der Waals surface area (Å²) in [5, 5.41) is 11.8. The van der Waals surface area contributed by atoms with E-state index in [0.717, 1.165) is 6.42 Å². The van der Waals surface area contributed by atoms with Gasteiger partial charge in [-0.2, -0.15) is 0 Å². The summed E-state index contributed by atoms with van der Waals surface area (Å²) in [7, 11) is 0. The standard InChI is InChI=1S/C11H20N2O3S/c1-7(2)4-8(3)12-11(16)13-6-17-5-9(13)10(14)15/h7-9H,4-6H2,1-3H3,(H,12,16)(H,14,15). The van der Waals surface area contributed by atoms with E-state index in [2.05, 4.69) is 19.2 Å². The minimum Gasteiger partial charge on any atom is -0.480 e. The number of carboxylic acid groups (broad SMARTS) is 1. The Morgan fingerprint density at radius 1 is 1.47 bits per heavy atom. The molecule has 0 spiro atoms. The van der Waals surface area contributed by atoms with Crippen molar-refractivity contribution in [1.29, 1.82) is 0 Å². The quantitative estimate of drug-likeness (QED) is 0.805. The number of aliphatic carboxylic acids is 1. The van der Waals surface area contributed by atoms with Gasteiger partial charge < -0.3 is 15.3 Å². The van der Waals surface area contributed by atoms with E-state index in [1.165, 1.54) is 16.7 Å². The van der Waals surface area contributed by atoms with Gasteiger partial charge >= 0.3 is 12.0 Å². The molecule has 0 aliphatic carbocycles. The van der Waals surface area contributed by atoms with E-state index in [-0.39, 0.29) is 12.1 Å². The number of nitrogens with zero attached hydrogens (tertiary/aromatic N) is 1. The average molecular weight is 260 g/mol. The summed E-state index contributed by atoms with van der Waals surface area (Å²) in [6.45, 7) is 6.12. The van der Waals surface area contributed by atoms with Crippen molar-refractivity contribution in [3.05, 3.63) is 0 Å². The van der Waals surface area contributed by atoms with E-state index in [4.69, 9.17) is 5.11 Å². The summed E-state index contributed by atoms with van der Waals surface area (Å²) in [5.41, 5.74) is 0. The number of carboxylic acids is 1. The number of thioether (sulfide) groups is 1. The van der Waals surface area contributed by atoms with Crippen molar-refractivity contribution in [2.75, 3.05) is 11.6 Å². The lowest BCUT2D eigenvalue weighted by Gasteiger charge is -2.24. The van der Waals surface area contributed by atoms with Crippen LogP contribution in [0.5, 0.6) is 0 Å². The third kappa shape index (κ3) is 4.11. The van der Waals surface area contributed by atoms with Crippen LogP contribution in [0.25, 0.3) is 0 Å². The third-order valence-corrected chi connectivity index (χ3v) is 3.64. The van der Waals surface area contributed by atoms with Gasteiger partial charge in [0.05, 0.1) is 5.88 Å². The minimum atomic E-state index is -0.929. The van der Waals surface area contributed by atoms with Gasteiger partial charge in [-0.1, -0.05) is 13.8 Å². The molecule has 1 rings (SSSR count). The maximum atomic E-state index is 11.9. The molecule has 2 amide bonds. The summed E-state index contributed by atoms with van der Waals surface area (Å²) in [4.78, 5) is 24.2. The van der Waals surface area contributed by atoms with Crippen LogP contribution in [0.15, 0.2) is 0 Å². The molecular weight excluding hydrogens is 240 g/mol. The molecular formula is C11H20N2O3S. The fourth-order valence-corrected chi connectivity index (χ4v) is 3.05. The lowest BCUT2D eigenvalue weighted by Crippen LogP contribution is -2.49. The van der Waals surface area contributed by atoms with Crippen LogP contribution in [0.4, 0.5) is 4.79 Å². The van der Waals surface area contributed by atoms with Crippen LogP contribution in [0.3, 0.4) is 0 Å². The van der Waals surface area contributed by atoms with Gasteiger partial charge in [0.1, 0.15) is 6.04 Å². The lowest BCUT2D eigenvalue weighted by molar-refractivity contribution is -0.140. The molecule has 1 aliphatic heterocycles. The molecule has 0 radical (unpaired) electrons. The maximum Gasteiger partial charge on any atom is 0.327 e. The van der Waals surface area contributed by atoms with Crippen LogP contribution in [0.2, 0.25) is 0 Å². The fourth-order valence-electron chi connectivity index (χ4n) is 1.91. The van der Waals surface area contributed by atoms with Crippen molar-refractivity contribution >= 4 is 23.8 Å². The predicted molar refractivity (Wildman–Crippen MR) is 68.0 cm³/mol. The molecule has 0 bridgehead atoms. The summed E-state index contributed by atoms with van der Waals surface area (Å²) in [6.07, 6.45) is 0.893. The molecule has 0 saturated carbocycles. The highest BCUT2D eigenvalue weighted by Gasteiger charge is 2.34. The number of urea groups is 1. The Labute approximate surface area is 106 Å². The van der Waals surface area contributed by atoms with Crippen LogP contribution in [0.1, 0.15) is 27.2 Å². The third-order valence-electron chi connectivity index (χ3n) is 2.62. The number of amides is 2. The summed E-state index contributed by atoms with van der Waals surface area (Å²) in [6, 6.07) is -0.885. The monoisotopic (exact) mass is 260 g/mol. The van der Waals surface area contributed by atoms with Gasteiger partial charge in [-0.05, 0) is 19.3 Å². The van der Waals surface area contributed by atoms with Gasteiger partial charge in [-0.15, -0.1) is 11.8 Å². The number of hydrogen-bond donors (Lipinski definition) is 2. The molecule has 6 heteroatoms. The van der Waals surface area contributed by atoms with Crippen molar-refractivity contribution < 1.29 is 14.7 Å². The highest BCUT2D eigenvalue weighted by atomic mass is 32.2. The SMILES string of the molecule is CC(C)CC(C)NC(=O)N1CSCC1C(=O)O. The van der Waals surface area contributed by atoms with Crippen LogP contribution in [-0.4, -0.2) is 45.7 Å². The Morgan fingerprint density at radius 2 is 2.12 bits per heavy atom. The number of rotatable bonds is 4. The molecule has 5 nitrogen and oxygen atoms in total. The number of carbonyl (C=O) groups excluding carboxylic acids is 1. The van der Waals surface area contributed by atoms with Gasteiger partial charge in [0, 0.05) is 11.8 Å². The van der Waals surface area contributed by atoms with Gasteiger partial charge in [0.25, 0.3) is 0 Å². The topological polar surface area (TPSA) is 69.6 Å². The van der Waals surface area contributed by atoms with E-state index >= 15 is 0 Å². The zero-order valence-electron chi connectivity index (χ0n) is 10.5. The molecule has 0 aromatic heterocycles. The van der Waals surface area contributed by atoms with Crippen molar-refractivity contribution in [2.45, 2.75) is 39.3 Å². The Balaban J connectivity index is 2.49. The van der Waals surface area contributed by atoms with E-state index in [9.17, 15) is 9.59 Å². The molecule has 98 valence electrons. The summed E-state index contributed by atoms with van der Waals surface area (Å²) < 4.78 is 0. The molecule has 1 fully saturated rings. The molecule has 17 heavy (non-hydrogen) atoms. The van der Waals surface area contributed by atoms with Crippen LogP contribution >= 0.6 is 11.8 Å². The second kappa shape index (κ2) is 6.14. The predicted octanol–water partition coefficient (Wildman–Crippen LogP) is 1.59. The van der Waals surface area contributed by atoms with Crippen molar-refractivity contribution in [3.63, 3.8) is 0 Å². The molecule has 0 aromatic carbocycles. The van der Waals surface area contributed by atoms with Crippen molar-refractivity contribution in [1.82, 2.24) is 10.2 Å². The first kappa shape index (κ1) is 14.2. The average Bonchev–Trinajstić information content (AvgIpc) is 2.63. The highest BCUT2D eigenvalue weighted by Crippen LogP contribution is 2.21. The normalized spacial score (nSPS) is 21.6. The molecule has 0 aromatic rings. The first-order valence-electron chi connectivity index (χ1n) is 5.79. The number of hydrogen-bond acceptors (Lipinski definition) is 3. The molecule has 1 aliphatic rings. The van der Waals surface area contributed by atoms with Crippen LogP contribution < -0.4 is 5.32 Å². The molecule has 1 heterocycles. The fraction of sp³-hybridized carbons (Fsp3) is 0.818. The number of carbonyl (C=O) groups is 2. The molecule has 1 saturated heterocycles. The van der Waals surface area contributed by atoms with Gasteiger partial charge in [-0.25, -0.2) is 9.59 Å². The van der Waals surface area contributed by atoms with Crippen molar-refractivity contribution in [2.24, 2.45) is 5.92 Å². The van der Waals surface area contributed by atoms with E-state index in [1.807, 2.05) is 6.92 Å². The van der Waals surface area contributed by atoms with Gasteiger partial charge in [0.2, 0.25) is 0 Å². The van der Waals surface area contributed by atoms with E-state index in [1.54, 1.807) is 0 Å². The smallest absolute Gasteiger partial charge is 0.327 e. The molecule has 2 N–H and O–H groups in total. The second-order valence-corrected chi connectivity index (χ2v) is 5.80. The first-order valence-corrected chi connectivity index (χ1v) is 6.95. The Bertz CT molecular complexity index is 296. The molecule has 2 atom stereocenters. The van der Waals surface area contributed by atoms with E-state index < -0.39 is 12.0 Å². The Hall–Kier alpha value is -0.910. The van der Waals surface area contributed by atoms with E-state index in [0.29, 0.717) is 17.5 Å². The zero-order chi connectivity index (χ0) is 13.0. The summed E-state index contributed by atoms with van der Waals surface area (Å²) >= 11 is 1.47. The number of nitrogens with one attached hydrogen (secondary N) is 1. The molecule has 2 unspecified atom stereocenters. The Morgan fingerprint density at radius 3 is 2.65 bits per heavy atom.